The maximum absolute atomic E-state index is 10.8. The van der Waals surface area contributed by atoms with Crippen molar-refractivity contribution in [3.05, 3.63) is 34.1 Å². The van der Waals surface area contributed by atoms with Gasteiger partial charge in [0.15, 0.2) is 0 Å². The molecule has 0 atom stereocenters. The molecule has 4 nitrogen and oxygen atoms in total. The van der Waals surface area contributed by atoms with Crippen molar-refractivity contribution in [2.45, 2.75) is 13.3 Å². The molecule has 2 heterocycles. The van der Waals surface area contributed by atoms with Crippen molar-refractivity contribution in [2.75, 3.05) is 0 Å². The normalized spacial score (nSPS) is 10.5. The largest absolute Gasteiger partial charge is 0.481 e. The van der Waals surface area contributed by atoms with Gasteiger partial charge < -0.3 is 5.11 Å². The van der Waals surface area contributed by atoms with E-state index in [-0.39, 0.29) is 6.42 Å². The molecule has 2 rings (SSSR count). The van der Waals surface area contributed by atoms with E-state index in [9.17, 15) is 4.79 Å². The second-order valence-electron chi connectivity index (χ2n) is 3.47. The van der Waals surface area contributed by atoms with E-state index in [0.29, 0.717) is 21.4 Å². The summed E-state index contributed by atoms with van der Waals surface area (Å²) < 4.78 is 0.651. The summed E-state index contributed by atoms with van der Waals surface area (Å²) in [6.45, 7) is 1.77. The summed E-state index contributed by atoms with van der Waals surface area (Å²) in [6, 6.07) is 3.60. The van der Waals surface area contributed by atoms with Crippen molar-refractivity contribution in [1.82, 2.24) is 9.97 Å². The fourth-order valence-electron chi connectivity index (χ4n) is 1.44. The second kappa shape index (κ2) is 4.81. The van der Waals surface area contributed by atoms with Crippen LogP contribution in [0.15, 0.2) is 18.3 Å². The van der Waals surface area contributed by atoms with Crippen LogP contribution in [0.1, 0.15) is 11.4 Å². The zero-order valence-corrected chi connectivity index (χ0v) is 10.5. The van der Waals surface area contributed by atoms with E-state index < -0.39 is 5.97 Å². The van der Waals surface area contributed by atoms with Crippen LogP contribution in [0.4, 0.5) is 0 Å². The molecular formula is C11H9ClN2O2S. The summed E-state index contributed by atoms with van der Waals surface area (Å²) in [7, 11) is 0. The molecule has 88 valence electrons. The van der Waals surface area contributed by atoms with Gasteiger partial charge in [0.1, 0.15) is 5.82 Å². The third kappa shape index (κ3) is 2.81. The third-order valence-corrected chi connectivity index (χ3v) is 3.37. The minimum atomic E-state index is -0.902. The highest BCUT2D eigenvalue weighted by atomic mass is 35.5. The zero-order chi connectivity index (χ0) is 12.4. The average Bonchev–Trinajstić information content (AvgIpc) is 2.67. The lowest BCUT2D eigenvalue weighted by Crippen LogP contribution is -2.04. The highest BCUT2D eigenvalue weighted by Gasteiger charge is 2.13. The second-order valence-corrected chi connectivity index (χ2v) is 5.18. The molecule has 1 N–H and O–H groups in total. The smallest absolute Gasteiger partial charge is 0.307 e. The molecule has 0 unspecified atom stereocenters. The van der Waals surface area contributed by atoms with Gasteiger partial charge in [-0.3, -0.25) is 4.79 Å². The van der Waals surface area contributed by atoms with Crippen molar-refractivity contribution in [3.63, 3.8) is 0 Å². The topological polar surface area (TPSA) is 63.1 Å². The molecule has 0 bridgehead atoms. The molecule has 0 radical (unpaired) electrons. The maximum Gasteiger partial charge on any atom is 0.307 e. The molecule has 0 aliphatic rings. The van der Waals surface area contributed by atoms with E-state index in [1.807, 2.05) is 6.07 Å². The quantitative estimate of drug-likeness (QED) is 0.930. The number of hydrogen-bond donors (Lipinski definition) is 1. The Bertz CT molecular complexity index is 568. The van der Waals surface area contributed by atoms with Gasteiger partial charge in [-0.15, -0.1) is 11.3 Å². The van der Waals surface area contributed by atoms with Gasteiger partial charge in [0, 0.05) is 11.8 Å². The number of rotatable bonds is 3. The highest BCUT2D eigenvalue weighted by molar-refractivity contribution is 7.19. The number of thiophene rings is 1. The first kappa shape index (κ1) is 12.0. The minimum Gasteiger partial charge on any atom is -0.481 e. The predicted octanol–water partition coefficient (Wildman–Crippen LogP) is 2.79. The van der Waals surface area contributed by atoms with Crippen molar-refractivity contribution in [1.29, 1.82) is 0 Å². The van der Waals surface area contributed by atoms with Crippen molar-refractivity contribution < 1.29 is 9.90 Å². The molecule has 0 aliphatic heterocycles. The Morgan fingerprint density at radius 3 is 2.88 bits per heavy atom. The standard InChI is InChI=1S/C11H9ClN2O2S/c1-6-13-5-7(4-10(15)16)11(14-6)8-2-3-9(12)17-8/h2-3,5H,4H2,1H3,(H,15,16). The number of carboxylic acid groups (broad SMARTS) is 1. The summed E-state index contributed by atoms with van der Waals surface area (Å²) in [5.41, 5.74) is 1.25. The van der Waals surface area contributed by atoms with Crippen LogP contribution in [0.25, 0.3) is 10.6 Å². The number of aliphatic carboxylic acids is 1. The fourth-order valence-corrected chi connectivity index (χ4v) is 2.51. The fraction of sp³-hybridized carbons (Fsp3) is 0.182. The molecule has 6 heteroatoms. The van der Waals surface area contributed by atoms with Crippen LogP contribution in [0, 0.1) is 6.92 Å². The maximum atomic E-state index is 10.8. The van der Waals surface area contributed by atoms with Gasteiger partial charge in [0.25, 0.3) is 0 Å². The number of nitrogens with zero attached hydrogens (tertiary/aromatic N) is 2. The van der Waals surface area contributed by atoms with Crippen LogP contribution in [0.2, 0.25) is 4.34 Å². The van der Waals surface area contributed by atoms with E-state index in [1.165, 1.54) is 11.3 Å². The molecule has 2 aromatic rings. The SMILES string of the molecule is Cc1ncc(CC(=O)O)c(-c2ccc(Cl)s2)n1. The molecule has 0 amide bonds. The number of carbonyl (C=O) groups is 1. The van der Waals surface area contributed by atoms with Gasteiger partial charge in [-0.05, 0) is 19.1 Å². The van der Waals surface area contributed by atoms with E-state index in [2.05, 4.69) is 9.97 Å². The summed E-state index contributed by atoms with van der Waals surface area (Å²) in [4.78, 5) is 19.9. The summed E-state index contributed by atoms with van der Waals surface area (Å²) in [5, 5.41) is 8.83. The first-order chi connectivity index (χ1) is 8.06. The van der Waals surface area contributed by atoms with Gasteiger partial charge in [-0.25, -0.2) is 9.97 Å². The molecule has 0 saturated heterocycles. The highest BCUT2D eigenvalue weighted by Crippen LogP contribution is 2.31. The molecule has 0 fully saturated rings. The Kier molecular flexibility index (Phi) is 3.40. The summed E-state index contributed by atoms with van der Waals surface area (Å²) in [5.74, 6) is -0.292. The van der Waals surface area contributed by atoms with Crippen LogP contribution in [0.5, 0.6) is 0 Å². The zero-order valence-electron chi connectivity index (χ0n) is 8.98. The third-order valence-electron chi connectivity index (χ3n) is 2.13. The molecular weight excluding hydrogens is 260 g/mol. The number of hydrogen-bond acceptors (Lipinski definition) is 4. The van der Waals surface area contributed by atoms with E-state index in [1.54, 1.807) is 19.2 Å². The lowest BCUT2D eigenvalue weighted by molar-refractivity contribution is -0.136. The number of halogens is 1. The Balaban J connectivity index is 2.50. The van der Waals surface area contributed by atoms with Gasteiger partial charge in [-0.2, -0.15) is 0 Å². The first-order valence-electron chi connectivity index (χ1n) is 4.86. The monoisotopic (exact) mass is 268 g/mol. The van der Waals surface area contributed by atoms with E-state index >= 15 is 0 Å². The van der Waals surface area contributed by atoms with Crippen LogP contribution in [0.3, 0.4) is 0 Å². The predicted molar refractivity (Wildman–Crippen MR) is 66.4 cm³/mol. The molecule has 0 saturated carbocycles. The van der Waals surface area contributed by atoms with Gasteiger partial charge in [-0.1, -0.05) is 11.6 Å². The van der Waals surface area contributed by atoms with Gasteiger partial charge >= 0.3 is 5.97 Å². The summed E-state index contributed by atoms with van der Waals surface area (Å²) in [6.07, 6.45) is 1.46. The molecule has 0 aliphatic carbocycles. The van der Waals surface area contributed by atoms with E-state index in [4.69, 9.17) is 16.7 Å². The lowest BCUT2D eigenvalue weighted by Gasteiger charge is -2.05. The Labute approximate surface area is 107 Å². The Morgan fingerprint density at radius 1 is 1.53 bits per heavy atom. The van der Waals surface area contributed by atoms with Gasteiger partial charge in [0.05, 0.1) is 21.3 Å². The van der Waals surface area contributed by atoms with Crippen LogP contribution in [-0.4, -0.2) is 21.0 Å². The number of aryl methyl sites for hydroxylation is 1. The van der Waals surface area contributed by atoms with Crippen LogP contribution in [-0.2, 0) is 11.2 Å². The van der Waals surface area contributed by atoms with Crippen LogP contribution < -0.4 is 0 Å². The van der Waals surface area contributed by atoms with Gasteiger partial charge in [0.2, 0.25) is 0 Å². The van der Waals surface area contributed by atoms with Crippen molar-refractivity contribution >= 4 is 28.9 Å². The summed E-state index contributed by atoms with van der Waals surface area (Å²) >= 11 is 7.24. The van der Waals surface area contributed by atoms with Crippen molar-refractivity contribution in [3.8, 4) is 10.6 Å². The number of aromatic nitrogens is 2. The molecule has 2 aromatic heterocycles. The average molecular weight is 269 g/mol. The lowest BCUT2D eigenvalue weighted by atomic mass is 10.1. The molecule has 0 spiro atoms. The Morgan fingerprint density at radius 2 is 2.29 bits per heavy atom. The molecule has 0 aromatic carbocycles. The van der Waals surface area contributed by atoms with Crippen molar-refractivity contribution in [2.24, 2.45) is 0 Å². The van der Waals surface area contributed by atoms with Crippen LogP contribution >= 0.6 is 22.9 Å². The minimum absolute atomic E-state index is 0.0921. The molecule has 17 heavy (non-hydrogen) atoms. The number of carboxylic acids is 1. The van der Waals surface area contributed by atoms with E-state index in [0.717, 1.165) is 4.88 Å². The Hall–Kier alpha value is -1.46. The first-order valence-corrected chi connectivity index (χ1v) is 6.05.